The van der Waals surface area contributed by atoms with E-state index in [-0.39, 0.29) is 13.2 Å². The first-order valence-corrected chi connectivity index (χ1v) is 12.0. The highest BCUT2D eigenvalue weighted by atomic mass is 16.6. The van der Waals surface area contributed by atoms with E-state index in [0.29, 0.717) is 35.5 Å². The topological polar surface area (TPSA) is 131 Å². The number of allylic oxidation sites excluding steroid dienone is 1. The number of aliphatic hydroxyl groups is 1. The molecule has 0 aliphatic rings. The van der Waals surface area contributed by atoms with Gasteiger partial charge in [-0.3, -0.25) is 10.1 Å². The Morgan fingerprint density at radius 2 is 1.53 bits per heavy atom. The number of aliphatic carboxylic acids is 1. The number of carbonyl (C=O) groups excluding carboxylic acids is 2. The SMILES string of the molecule is O=C(O)/C=C/CC[C@@H](Oc1ccccc1)[C@H](OC(=O)NC(=O)c1ccccc1)c1ccc(OCCO)cc1. The molecule has 9 nitrogen and oxygen atoms in total. The van der Waals surface area contributed by atoms with Crippen molar-refractivity contribution in [1.29, 1.82) is 0 Å². The van der Waals surface area contributed by atoms with Gasteiger partial charge in [-0.15, -0.1) is 0 Å². The molecule has 0 saturated heterocycles. The minimum atomic E-state index is -1.07. The predicted octanol–water partition coefficient (Wildman–Crippen LogP) is 4.53. The Hall–Kier alpha value is -4.63. The summed E-state index contributed by atoms with van der Waals surface area (Å²) in [6.07, 6.45) is 0.478. The first-order chi connectivity index (χ1) is 18.5. The molecule has 38 heavy (non-hydrogen) atoms. The van der Waals surface area contributed by atoms with Gasteiger partial charge in [0.25, 0.3) is 5.91 Å². The summed E-state index contributed by atoms with van der Waals surface area (Å²) in [5.74, 6) is -0.658. The average molecular weight is 520 g/mol. The number of nitrogens with one attached hydrogen (secondary N) is 1. The summed E-state index contributed by atoms with van der Waals surface area (Å²) in [7, 11) is 0. The Labute approximate surface area is 220 Å². The Kier molecular flexibility index (Phi) is 10.9. The molecule has 0 saturated carbocycles. The lowest BCUT2D eigenvalue weighted by atomic mass is 10.00. The van der Waals surface area contributed by atoms with Crippen molar-refractivity contribution in [2.45, 2.75) is 25.0 Å². The van der Waals surface area contributed by atoms with Crippen LogP contribution in [0.4, 0.5) is 4.79 Å². The van der Waals surface area contributed by atoms with Gasteiger partial charge in [0.15, 0.2) is 6.10 Å². The van der Waals surface area contributed by atoms with E-state index in [4.69, 9.17) is 24.4 Å². The summed E-state index contributed by atoms with van der Waals surface area (Å²) < 4.78 is 17.4. The van der Waals surface area contributed by atoms with Crippen molar-refractivity contribution in [2.24, 2.45) is 0 Å². The molecule has 0 aromatic heterocycles. The number of carboxylic acids is 1. The van der Waals surface area contributed by atoms with Gasteiger partial charge in [-0.2, -0.15) is 0 Å². The van der Waals surface area contributed by atoms with Crippen molar-refractivity contribution >= 4 is 18.0 Å². The molecule has 0 bridgehead atoms. The van der Waals surface area contributed by atoms with Gasteiger partial charge in [0.2, 0.25) is 0 Å². The van der Waals surface area contributed by atoms with Crippen molar-refractivity contribution in [3.63, 3.8) is 0 Å². The third-order valence-corrected chi connectivity index (χ3v) is 5.30. The molecule has 2 atom stereocenters. The Balaban J connectivity index is 1.87. The lowest BCUT2D eigenvalue weighted by molar-refractivity contribution is -0.131. The molecule has 0 unspecified atom stereocenters. The Morgan fingerprint density at radius 1 is 0.868 bits per heavy atom. The van der Waals surface area contributed by atoms with Crippen LogP contribution in [-0.2, 0) is 9.53 Å². The molecule has 0 radical (unpaired) electrons. The van der Waals surface area contributed by atoms with Gasteiger partial charge in [0.05, 0.1) is 6.61 Å². The van der Waals surface area contributed by atoms with Gasteiger partial charge < -0.3 is 24.4 Å². The molecular weight excluding hydrogens is 490 g/mol. The van der Waals surface area contributed by atoms with E-state index in [2.05, 4.69) is 5.32 Å². The second-order valence-electron chi connectivity index (χ2n) is 8.07. The van der Waals surface area contributed by atoms with Crippen LogP contribution in [0.2, 0.25) is 0 Å². The molecule has 9 heteroatoms. The van der Waals surface area contributed by atoms with E-state index in [0.717, 1.165) is 6.08 Å². The van der Waals surface area contributed by atoms with Crippen molar-refractivity contribution in [3.05, 3.63) is 108 Å². The molecule has 0 heterocycles. The smallest absolute Gasteiger partial charge is 0.414 e. The molecule has 0 fully saturated rings. The molecule has 3 aromatic rings. The van der Waals surface area contributed by atoms with E-state index in [1.54, 1.807) is 78.9 Å². The monoisotopic (exact) mass is 519 g/mol. The van der Waals surface area contributed by atoms with Gasteiger partial charge >= 0.3 is 12.1 Å². The number of ether oxygens (including phenoxy) is 3. The van der Waals surface area contributed by atoms with Crippen LogP contribution >= 0.6 is 0 Å². The van der Waals surface area contributed by atoms with Gasteiger partial charge in [-0.1, -0.05) is 54.6 Å². The van der Waals surface area contributed by atoms with Crippen LogP contribution in [0.15, 0.2) is 97.1 Å². The number of benzene rings is 3. The number of aliphatic hydroxyl groups excluding tert-OH is 1. The summed E-state index contributed by atoms with van der Waals surface area (Å²) in [5, 5.41) is 20.2. The average Bonchev–Trinajstić information content (AvgIpc) is 2.93. The number of carbonyl (C=O) groups is 3. The maximum atomic E-state index is 12.8. The zero-order valence-electron chi connectivity index (χ0n) is 20.6. The largest absolute Gasteiger partial charge is 0.491 e. The highest BCUT2D eigenvalue weighted by Gasteiger charge is 2.29. The van der Waals surface area contributed by atoms with Crippen LogP contribution in [0, 0.1) is 0 Å². The summed E-state index contributed by atoms with van der Waals surface area (Å²) in [6.45, 7) is -0.0150. The molecule has 0 spiro atoms. The third-order valence-electron chi connectivity index (χ3n) is 5.30. The molecule has 3 aromatic carbocycles. The normalized spacial score (nSPS) is 12.3. The van der Waals surface area contributed by atoms with Crippen molar-refractivity contribution in [3.8, 4) is 11.5 Å². The van der Waals surface area contributed by atoms with E-state index in [9.17, 15) is 14.4 Å². The first-order valence-electron chi connectivity index (χ1n) is 12.0. The first kappa shape index (κ1) is 27.9. The zero-order chi connectivity index (χ0) is 27.2. The molecule has 0 aliphatic heterocycles. The standard InChI is InChI=1S/C29H29NO8/c31-19-20-36-23-17-15-21(16-18-23)27(38-29(35)30-28(34)22-9-3-1-4-10-22)25(13-7-8-14-26(32)33)37-24-11-5-2-6-12-24/h1-6,8-12,14-18,25,27,31H,7,13,19-20H2,(H,32,33)(H,30,34,35)/b14-8+/t25-,27-/m1/s1. The second kappa shape index (κ2) is 14.8. The fourth-order valence-corrected chi connectivity index (χ4v) is 3.57. The van der Waals surface area contributed by atoms with Crippen molar-refractivity contribution in [2.75, 3.05) is 13.2 Å². The fourth-order valence-electron chi connectivity index (χ4n) is 3.57. The molecule has 3 N–H and O–H groups in total. The number of hydrogen-bond donors (Lipinski definition) is 3. The highest BCUT2D eigenvalue weighted by molar-refractivity contribution is 6.02. The summed E-state index contributed by atoms with van der Waals surface area (Å²) in [4.78, 5) is 36.3. The van der Waals surface area contributed by atoms with Gasteiger partial charge in [0, 0.05) is 11.6 Å². The van der Waals surface area contributed by atoms with E-state index < -0.39 is 30.2 Å². The Bertz CT molecular complexity index is 1200. The van der Waals surface area contributed by atoms with Gasteiger partial charge in [0.1, 0.15) is 24.2 Å². The lowest BCUT2D eigenvalue weighted by Gasteiger charge is -2.28. The molecule has 3 rings (SSSR count). The third kappa shape index (κ3) is 9.11. The van der Waals surface area contributed by atoms with E-state index in [1.807, 2.05) is 6.07 Å². The van der Waals surface area contributed by atoms with E-state index >= 15 is 0 Å². The predicted molar refractivity (Wildman–Crippen MR) is 139 cm³/mol. The van der Waals surface area contributed by atoms with Crippen LogP contribution in [0.5, 0.6) is 11.5 Å². The maximum absolute atomic E-state index is 12.8. The second-order valence-corrected chi connectivity index (χ2v) is 8.07. The molecule has 198 valence electrons. The minimum Gasteiger partial charge on any atom is -0.491 e. The number of imide groups is 1. The van der Waals surface area contributed by atoms with Crippen LogP contribution in [0.1, 0.15) is 34.9 Å². The number of hydrogen-bond acceptors (Lipinski definition) is 7. The molecule has 0 aliphatic carbocycles. The lowest BCUT2D eigenvalue weighted by Crippen LogP contribution is -2.36. The van der Waals surface area contributed by atoms with Gasteiger partial charge in [-0.25, -0.2) is 9.59 Å². The maximum Gasteiger partial charge on any atom is 0.414 e. The fraction of sp³-hybridized carbons (Fsp3) is 0.207. The number of carboxylic acid groups (broad SMARTS) is 1. The number of rotatable bonds is 13. The van der Waals surface area contributed by atoms with Crippen molar-refractivity contribution < 1.29 is 38.8 Å². The van der Waals surface area contributed by atoms with Crippen LogP contribution in [-0.4, -0.2) is 47.5 Å². The highest BCUT2D eigenvalue weighted by Crippen LogP contribution is 2.30. The number of amides is 2. The quantitative estimate of drug-likeness (QED) is 0.281. The molecule has 2 amide bonds. The van der Waals surface area contributed by atoms with Crippen LogP contribution < -0.4 is 14.8 Å². The van der Waals surface area contributed by atoms with E-state index in [1.165, 1.54) is 6.08 Å². The summed E-state index contributed by atoms with van der Waals surface area (Å²) >= 11 is 0. The van der Waals surface area contributed by atoms with Crippen LogP contribution in [0.3, 0.4) is 0 Å². The summed E-state index contributed by atoms with van der Waals surface area (Å²) in [5.41, 5.74) is 0.856. The number of alkyl carbamates (subject to hydrolysis) is 1. The summed E-state index contributed by atoms with van der Waals surface area (Å²) in [6, 6.07) is 23.9. The van der Waals surface area contributed by atoms with Crippen LogP contribution in [0.25, 0.3) is 0 Å². The van der Waals surface area contributed by atoms with Gasteiger partial charge in [-0.05, 0) is 54.8 Å². The molecular formula is C29H29NO8. The number of para-hydroxylation sites is 1. The zero-order valence-corrected chi connectivity index (χ0v) is 20.6. The Morgan fingerprint density at radius 3 is 2.16 bits per heavy atom. The minimum absolute atomic E-state index is 0.124. The van der Waals surface area contributed by atoms with Crippen molar-refractivity contribution in [1.82, 2.24) is 5.32 Å².